The number of urea groups is 1. The summed E-state index contributed by atoms with van der Waals surface area (Å²) in [6.45, 7) is 1.03. The number of hydrogen-bond acceptors (Lipinski definition) is 6. The van der Waals surface area contributed by atoms with Gasteiger partial charge in [0, 0.05) is 37.5 Å². The van der Waals surface area contributed by atoms with Gasteiger partial charge in [0.15, 0.2) is 0 Å². The molecule has 1 aliphatic heterocycles. The molecule has 3 heterocycles. The minimum Gasteiger partial charge on any atom is -0.496 e. The van der Waals surface area contributed by atoms with Crippen LogP contribution in [0.4, 0.5) is 29.3 Å². The molecule has 37 heavy (non-hydrogen) atoms. The maximum atomic E-state index is 13.5. The van der Waals surface area contributed by atoms with E-state index < -0.39 is 17.8 Å². The lowest BCUT2D eigenvalue weighted by atomic mass is 10.1. The number of amides is 2. The van der Waals surface area contributed by atoms with Gasteiger partial charge in [-0.2, -0.15) is 13.2 Å². The molecule has 0 saturated carbocycles. The van der Waals surface area contributed by atoms with Crippen LogP contribution in [0.15, 0.2) is 54.9 Å². The first kappa shape index (κ1) is 26.2. The summed E-state index contributed by atoms with van der Waals surface area (Å²) in [5, 5.41) is 2.70. The van der Waals surface area contributed by atoms with E-state index in [0.29, 0.717) is 30.0 Å². The average Bonchev–Trinajstić information content (AvgIpc) is 3.30. The van der Waals surface area contributed by atoms with Crippen molar-refractivity contribution >= 4 is 17.4 Å². The molecule has 196 valence electrons. The summed E-state index contributed by atoms with van der Waals surface area (Å²) in [5.41, 5.74) is 1.07. The van der Waals surface area contributed by atoms with Gasteiger partial charge in [0.05, 0.1) is 30.3 Å². The molecule has 0 radical (unpaired) electrons. The van der Waals surface area contributed by atoms with Crippen molar-refractivity contribution in [3.63, 3.8) is 0 Å². The van der Waals surface area contributed by atoms with Crippen molar-refractivity contribution < 1.29 is 27.4 Å². The van der Waals surface area contributed by atoms with Crippen LogP contribution in [0.2, 0.25) is 0 Å². The maximum absolute atomic E-state index is 13.5. The number of rotatable bonds is 8. The van der Waals surface area contributed by atoms with Gasteiger partial charge in [0.2, 0.25) is 5.88 Å². The smallest absolute Gasteiger partial charge is 0.420 e. The number of halogens is 3. The van der Waals surface area contributed by atoms with E-state index in [1.807, 2.05) is 32.3 Å². The quantitative estimate of drug-likeness (QED) is 0.446. The molecule has 1 aliphatic rings. The Morgan fingerprint density at radius 2 is 2.00 bits per heavy atom. The summed E-state index contributed by atoms with van der Waals surface area (Å²) in [6.07, 6.45) is -0.645. The number of carbonyl (C=O) groups excluding carboxylic acids is 1. The largest absolute Gasteiger partial charge is 0.496 e. The fourth-order valence-corrected chi connectivity index (χ4v) is 4.09. The highest BCUT2D eigenvalue weighted by atomic mass is 19.4. The molecular weight excluding hydrogens is 487 g/mol. The molecule has 0 bridgehead atoms. The molecule has 1 unspecified atom stereocenters. The van der Waals surface area contributed by atoms with Crippen molar-refractivity contribution in [2.24, 2.45) is 0 Å². The van der Waals surface area contributed by atoms with Crippen LogP contribution in [0.25, 0.3) is 0 Å². The zero-order valence-corrected chi connectivity index (χ0v) is 20.7. The molecule has 2 amide bonds. The highest BCUT2D eigenvalue weighted by molar-refractivity contribution is 6.03. The van der Waals surface area contributed by atoms with E-state index in [2.05, 4.69) is 20.2 Å². The van der Waals surface area contributed by atoms with Gasteiger partial charge in [-0.25, -0.2) is 9.78 Å². The summed E-state index contributed by atoms with van der Waals surface area (Å²) >= 11 is 0. The molecule has 1 atom stereocenters. The number of nitrogens with one attached hydrogen (secondary N) is 1. The molecule has 1 aromatic carbocycles. The third-order valence-corrected chi connectivity index (χ3v) is 5.95. The Morgan fingerprint density at radius 1 is 1.19 bits per heavy atom. The lowest BCUT2D eigenvalue weighted by Crippen LogP contribution is -2.33. The predicted molar refractivity (Wildman–Crippen MR) is 133 cm³/mol. The Hall–Kier alpha value is -3.86. The van der Waals surface area contributed by atoms with Crippen molar-refractivity contribution in [3.05, 3.63) is 71.7 Å². The number of anilines is 2. The second-order valence-electron chi connectivity index (χ2n) is 8.85. The van der Waals surface area contributed by atoms with E-state index in [4.69, 9.17) is 9.47 Å². The molecular formula is C26H28F3N5O3. The summed E-state index contributed by atoms with van der Waals surface area (Å²) < 4.78 is 51.4. The van der Waals surface area contributed by atoms with Gasteiger partial charge in [0.1, 0.15) is 11.9 Å². The number of methoxy groups -OCH3 is 1. The molecule has 0 fully saturated rings. The Labute approximate surface area is 213 Å². The minimum atomic E-state index is -4.61. The molecule has 0 saturated heterocycles. The molecule has 4 rings (SSSR count). The molecule has 1 N–H and O–H groups in total. The summed E-state index contributed by atoms with van der Waals surface area (Å²) in [5.74, 6) is 0.101. The molecule has 0 aliphatic carbocycles. The van der Waals surface area contributed by atoms with E-state index in [1.54, 1.807) is 18.3 Å². The van der Waals surface area contributed by atoms with Gasteiger partial charge in [-0.05, 0) is 56.4 Å². The van der Waals surface area contributed by atoms with Crippen molar-refractivity contribution in [2.45, 2.75) is 25.1 Å². The number of aromatic nitrogens is 2. The van der Waals surface area contributed by atoms with Crippen LogP contribution >= 0.6 is 0 Å². The van der Waals surface area contributed by atoms with Gasteiger partial charge >= 0.3 is 12.2 Å². The third kappa shape index (κ3) is 6.29. The number of ether oxygens (including phenoxy) is 2. The van der Waals surface area contributed by atoms with E-state index in [1.165, 1.54) is 24.3 Å². The van der Waals surface area contributed by atoms with E-state index in [-0.39, 0.29) is 24.1 Å². The average molecular weight is 516 g/mol. The van der Waals surface area contributed by atoms with Crippen LogP contribution in [0.3, 0.4) is 0 Å². The molecule has 11 heteroatoms. The lowest BCUT2D eigenvalue weighted by Gasteiger charge is -2.21. The van der Waals surface area contributed by atoms with Gasteiger partial charge in [-0.3, -0.25) is 9.88 Å². The normalized spacial score (nSPS) is 13.9. The topological polar surface area (TPSA) is 79.8 Å². The first-order chi connectivity index (χ1) is 17.7. The number of carbonyl (C=O) groups is 1. The fourth-order valence-electron chi connectivity index (χ4n) is 4.09. The summed E-state index contributed by atoms with van der Waals surface area (Å²) in [4.78, 5) is 25.0. The van der Waals surface area contributed by atoms with Gasteiger partial charge in [-0.15, -0.1) is 0 Å². The monoisotopic (exact) mass is 515 g/mol. The summed E-state index contributed by atoms with van der Waals surface area (Å²) in [6, 6.07) is 10.6. The zero-order valence-electron chi connectivity index (χ0n) is 20.7. The second kappa shape index (κ2) is 11.0. The van der Waals surface area contributed by atoms with Crippen molar-refractivity contribution in [3.8, 4) is 11.6 Å². The first-order valence-corrected chi connectivity index (χ1v) is 11.7. The lowest BCUT2D eigenvalue weighted by molar-refractivity contribution is -0.138. The second-order valence-corrected chi connectivity index (χ2v) is 8.85. The van der Waals surface area contributed by atoms with Crippen LogP contribution < -0.4 is 19.7 Å². The van der Waals surface area contributed by atoms with Crippen LogP contribution in [-0.4, -0.2) is 55.2 Å². The van der Waals surface area contributed by atoms with E-state index in [0.717, 1.165) is 18.3 Å². The van der Waals surface area contributed by atoms with E-state index >= 15 is 0 Å². The molecule has 8 nitrogen and oxygen atoms in total. The highest BCUT2D eigenvalue weighted by Crippen LogP contribution is 2.42. The van der Waals surface area contributed by atoms with Crippen LogP contribution in [0.1, 0.15) is 29.3 Å². The van der Waals surface area contributed by atoms with Gasteiger partial charge in [-0.1, -0.05) is 6.07 Å². The maximum Gasteiger partial charge on any atom is 0.420 e. The Balaban J connectivity index is 1.46. The number of alkyl halides is 3. The number of fused-ring (bicyclic) bond motifs is 1. The standard InChI is InChI=1S/C26H28F3N5O3/c1-33(2)12-10-22(20-6-4-5-11-30-20)37-24-8-7-18(16-31-24)32-25(35)34-13-9-17-14-23(36-3)19(15-21(17)34)26(27,28)29/h4-8,11,14-16,22H,9-10,12-13H2,1-3H3,(H,32,35). The Kier molecular flexibility index (Phi) is 7.82. The Morgan fingerprint density at radius 3 is 2.62 bits per heavy atom. The first-order valence-electron chi connectivity index (χ1n) is 11.7. The summed E-state index contributed by atoms with van der Waals surface area (Å²) in [7, 11) is 5.15. The third-order valence-electron chi connectivity index (χ3n) is 5.95. The number of hydrogen-bond donors (Lipinski definition) is 1. The highest BCUT2D eigenvalue weighted by Gasteiger charge is 2.37. The molecule has 0 spiro atoms. The van der Waals surface area contributed by atoms with Crippen LogP contribution in [0.5, 0.6) is 11.6 Å². The van der Waals surface area contributed by atoms with Crippen molar-refractivity contribution in [1.29, 1.82) is 0 Å². The van der Waals surface area contributed by atoms with Crippen LogP contribution in [-0.2, 0) is 12.6 Å². The van der Waals surface area contributed by atoms with Gasteiger partial charge < -0.3 is 19.7 Å². The van der Waals surface area contributed by atoms with Crippen molar-refractivity contribution in [2.75, 3.05) is 44.5 Å². The number of pyridine rings is 2. The minimum absolute atomic E-state index is 0.206. The SMILES string of the molecule is COc1cc2c(cc1C(F)(F)F)N(C(=O)Nc1ccc(OC(CCN(C)C)c3ccccn3)nc1)CC2. The fraction of sp³-hybridized carbons (Fsp3) is 0.346. The van der Waals surface area contributed by atoms with Crippen molar-refractivity contribution in [1.82, 2.24) is 14.9 Å². The Bertz CT molecular complexity index is 1220. The predicted octanol–water partition coefficient (Wildman–Crippen LogP) is 5.17. The van der Waals surface area contributed by atoms with Gasteiger partial charge in [0.25, 0.3) is 0 Å². The number of nitrogens with zero attached hydrogens (tertiary/aromatic N) is 4. The molecule has 3 aromatic rings. The zero-order chi connectivity index (χ0) is 26.6. The molecule has 2 aromatic heterocycles. The number of benzene rings is 1. The van der Waals surface area contributed by atoms with E-state index in [9.17, 15) is 18.0 Å². The van der Waals surface area contributed by atoms with Crippen LogP contribution in [0, 0.1) is 0 Å².